The molecular formula is C36H45OP. The van der Waals surface area contributed by atoms with Crippen molar-refractivity contribution in [2.24, 2.45) is 23.2 Å². The van der Waals surface area contributed by atoms with E-state index < -0.39 is 7.14 Å². The highest BCUT2D eigenvalue weighted by molar-refractivity contribution is 7.78. The highest BCUT2D eigenvalue weighted by atomic mass is 31.2. The molecule has 2 aromatic carbocycles. The molecule has 4 atom stereocenters. The van der Waals surface area contributed by atoms with Crippen molar-refractivity contribution >= 4 is 17.8 Å². The Balaban J connectivity index is 1.32. The molecular weight excluding hydrogens is 479 g/mol. The first kappa shape index (κ1) is 27.2. The highest BCUT2D eigenvalue weighted by Gasteiger charge is 2.50. The second-order valence-electron chi connectivity index (χ2n) is 12.2. The first-order valence-electron chi connectivity index (χ1n) is 14.9. The summed E-state index contributed by atoms with van der Waals surface area (Å²) in [5, 5.41) is 1.90. The lowest BCUT2D eigenvalue weighted by Crippen LogP contribution is -2.35. The molecule has 200 valence electrons. The van der Waals surface area contributed by atoms with Crippen LogP contribution in [-0.2, 0) is 4.57 Å². The van der Waals surface area contributed by atoms with E-state index in [9.17, 15) is 4.57 Å². The van der Waals surface area contributed by atoms with E-state index in [2.05, 4.69) is 44.7 Å². The van der Waals surface area contributed by atoms with Crippen LogP contribution in [0.3, 0.4) is 0 Å². The molecule has 5 rings (SSSR count). The molecule has 0 saturated heterocycles. The maximum atomic E-state index is 14.4. The molecule has 3 fully saturated rings. The molecule has 0 aromatic heterocycles. The molecule has 2 aromatic rings. The summed E-state index contributed by atoms with van der Waals surface area (Å²) >= 11 is 0. The molecule has 3 aliphatic carbocycles. The fraction of sp³-hybridized carbons (Fsp3) is 0.444. The van der Waals surface area contributed by atoms with Gasteiger partial charge in [0.25, 0.3) is 0 Å². The zero-order valence-corrected chi connectivity index (χ0v) is 24.3. The predicted octanol–water partition coefficient (Wildman–Crippen LogP) is 9.39. The summed E-state index contributed by atoms with van der Waals surface area (Å²) in [6.07, 6.45) is 21.6. The Labute approximate surface area is 231 Å². The van der Waals surface area contributed by atoms with Gasteiger partial charge >= 0.3 is 0 Å². The van der Waals surface area contributed by atoms with E-state index in [1.165, 1.54) is 68.9 Å². The van der Waals surface area contributed by atoms with Gasteiger partial charge in [-0.2, -0.15) is 0 Å². The number of rotatable bonds is 7. The van der Waals surface area contributed by atoms with Gasteiger partial charge in [0.15, 0.2) is 0 Å². The van der Waals surface area contributed by atoms with Crippen LogP contribution in [-0.4, -0.2) is 6.16 Å². The number of hydrogen-bond donors (Lipinski definition) is 0. The third-order valence-corrected chi connectivity index (χ3v) is 12.9. The number of hydrogen-bond acceptors (Lipinski definition) is 1. The first-order valence-corrected chi connectivity index (χ1v) is 16.8. The third kappa shape index (κ3) is 5.51. The molecule has 0 spiro atoms. The summed E-state index contributed by atoms with van der Waals surface area (Å²) < 4.78 is 14.4. The van der Waals surface area contributed by atoms with Gasteiger partial charge < -0.3 is 4.57 Å². The van der Waals surface area contributed by atoms with Crippen molar-refractivity contribution in [2.75, 3.05) is 6.16 Å². The minimum absolute atomic E-state index is 0.360. The van der Waals surface area contributed by atoms with E-state index in [0.29, 0.717) is 29.3 Å². The molecule has 0 unspecified atom stereocenters. The van der Waals surface area contributed by atoms with E-state index in [0.717, 1.165) is 10.6 Å². The van der Waals surface area contributed by atoms with Crippen LogP contribution in [0.4, 0.5) is 0 Å². The molecule has 2 heteroatoms. The Morgan fingerprint density at radius 1 is 0.921 bits per heavy atom. The summed E-state index contributed by atoms with van der Waals surface area (Å²) in [6, 6.07) is 20.1. The van der Waals surface area contributed by atoms with Gasteiger partial charge in [-0.25, -0.2) is 0 Å². The Hall–Kier alpha value is -2.37. The normalized spacial score (nSPS) is 29.2. The Bertz CT molecular complexity index is 1210. The zero-order chi connectivity index (χ0) is 26.6. The lowest BCUT2D eigenvalue weighted by atomic mass is 9.61. The Morgan fingerprint density at radius 3 is 2.24 bits per heavy atom. The minimum Gasteiger partial charge on any atom is -0.313 e. The van der Waals surface area contributed by atoms with Gasteiger partial charge in [0, 0.05) is 16.8 Å². The average molecular weight is 525 g/mol. The molecule has 3 saturated carbocycles. The van der Waals surface area contributed by atoms with Crippen LogP contribution in [0, 0.1) is 23.2 Å². The molecule has 1 nitrogen and oxygen atoms in total. The maximum Gasteiger partial charge on any atom is 0.146 e. The van der Waals surface area contributed by atoms with Crippen molar-refractivity contribution in [3.63, 3.8) is 0 Å². The largest absolute Gasteiger partial charge is 0.313 e. The van der Waals surface area contributed by atoms with Crippen molar-refractivity contribution in [1.82, 2.24) is 0 Å². The fourth-order valence-electron chi connectivity index (χ4n) is 7.80. The molecule has 0 aliphatic heterocycles. The van der Waals surface area contributed by atoms with Gasteiger partial charge in [0.05, 0.1) is 0 Å². The topological polar surface area (TPSA) is 17.1 Å². The van der Waals surface area contributed by atoms with E-state index in [-0.39, 0.29) is 0 Å². The zero-order valence-electron chi connectivity index (χ0n) is 23.4. The van der Waals surface area contributed by atoms with Gasteiger partial charge in [-0.15, -0.1) is 0 Å². The molecule has 0 amide bonds. The second kappa shape index (κ2) is 11.8. The Morgan fingerprint density at radius 2 is 1.58 bits per heavy atom. The van der Waals surface area contributed by atoms with Crippen LogP contribution in [0.2, 0.25) is 0 Å². The van der Waals surface area contributed by atoms with E-state index in [1.54, 1.807) is 5.57 Å². The highest BCUT2D eigenvalue weighted by Crippen LogP contribution is 2.59. The van der Waals surface area contributed by atoms with Gasteiger partial charge in [0.2, 0.25) is 0 Å². The van der Waals surface area contributed by atoms with Gasteiger partial charge in [-0.05, 0) is 86.5 Å². The van der Waals surface area contributed by atoms with Crippen LogP contribution in [0.5, 0.6) is 0 Å². The van der Waals surface area contributed by atoms with Crippen LogP contribution in [0.15, 0.2) is 108 Å². The van der Waals surface area contributed by atoms with Crippen molar-refractivity contribution < 1.29 is 4.57 Å². The Kier molecular flexibility index (Phi) is 8.44. The SMILES string of the molecule is C=C1CCCCC1=CC=C1CCC[C@]2(C)[C@@H]([C@H](C)C=CCP(=O)(c3ccccc3)c3ccccc3)CC[C@@H]12. The summed E-state index contributed by atoms with van der Waals surface area (Å²) in [6.45, 7) is 9.30. The smallest absolute Gasteiger partial charge is 0.146 e. The van der Waals surface area contributed by atoms with E-state index in [1.807, 2.05) is 60.7 Å². The van der Waals surface area contributed by atoms with Crippen LogP contribution in [0.25, 0.3) is 0 Å². The standard InChI is InChI=1S/C36H45OP/c1-28-14-10-11-16-30(28)22-23-31-17-12-26-36(3)34(24-25-35(31)36)29(2)15-13-27-38(37,32-18-6-4-7-19-32)33-20-8-5-9-21-33/h4-9,13,15,18-23,29,34-35H,1,10-12,14,16-17,24-27H2,2-3H3/t29-,34-,35+,36-/m1/s1. The van der Waals surface area contributed by atoms with Crippen LogP contribution in [0.1, 0.15) is 71.6 Å². The summed E-state index contributed by atoms with van der Waals surface area (Å²) in [5.74, 6) is 1.86. The maximum absolute atomic E-state index is 14.4. The van der Waals surface area contributed by atoms with Crippen LogP contribution < -0.4 is 10.6 Å². The van der Waals surface area contributed by atoms with Crippen LogP contribution >= 0.6 is 7.14 Å². The monoisotopic (exact) mass is 524 g/mol. The average Bonchev–Trinajstić information content (AvgIpc) is 3.31. The van der Waals surface area contributed by atoms with Crippen molar-refractivity contribution in [3.05, 3.63) is 108 Å². The summed E-state index contributed by atoms with van der Waals surface area (Å²) in [7, 11) is -2.70. The minimum atomic E-state index is -2.70. The van der Waals surface area contributed by atoms with E-state index >= 15 is 0 Å². The molecule has 0 bridgehead atoms. The van der Waals surface area contributed by atoms with Gasteiger partial charge in [0.1, 0.15) is 7.14 Å². The van der Waals surface area contributed by atoms with Crippen molar-refractivity contribution in [2.45, 2.75) is 71.6 Å². The molecule has 3 aliphatic rings. The van der Waals surface area contributed by atoms with Gasteiger partial charge in [-0.1, -0.05) is 117 Å². The van der Waals surface area contributed by atoms with Crippen molar-refractivity contribution in [3.8, 4) is 0 Å². The molecule has 0 radical (unpaired) electrons. The number of allylic oxidation sites excluding steroid dienone is 7. The quantitative estimate of drug-likeness (QED) is 0.260. The molecule has 38 heavy (non-hydrogen) atoms. The first-order chi connectivity index (χ1) is 18.4. The number of benzene rings is 2. The summed E-state index contributed by atoms with van der Waals surface area (Å²) in [5.41, 5.74) is 4.89. The summed E-state index contributed by atoms with van der Waals surface area (Å²) in [4.78, 5) is 0. The molecule has 0 heterocycles. The fourth-order valence-corrected chi connectivity index (χ4v) is 10.2. The van der Waals surface area contributed by atoms with Crippen molar-refractivity contribution in [1.29, 1.82) is 0 Å². The predicted molar refractivity (Wildman–Crippen MR) is 165 cm³/mol. The third-order valence-electron chi connectivity index (χ3n) is 9.95. The lowest BCUT2D eigenvalue weighted by Gasteiger charge is -2.44. The van der Waals surface area contributed by atoms with Gasteiger partial charge in [-0.3, -0.25) is 0 Å². The second-order valence-corrected chi connectivity index (χ2v) is 15.1. The number of fused-ring (bicyclic) bond motifs is 1. The lowest BCUT2D eigenvalue weighted by molar-refractivity contribution is 0.112. The molecule has 0 N–H and O–H groups in total. The van der Waals surface area contributed by atoms with E-state index in [4.69, 9.17) is 0 Å².